The number of carbonyl (C=O) groups excluding carboxylic acids is 1. The maximum absolute atomic E-state index is 13.2. The molecule has 38 heavy (non-hydrogen) atoms. The number of carbonyl (C=O) groups is 1. The summed E-state index contributed by atoms with van der Waals surface area (Å²) >= 11 is 6.17. The number of aromatic hydroxyl groups is 1. The van der Waals surface area contributed by atoms with Crippen LogP contribution in [0.1, 0.15) is 21.5 Å². The Hall–Kier alpha value is -4.06. The third-order valence-corrected chi connectivity index (χ3v) is 7.39. The van der Waals surface area contributed by atoms with Crippen LogP contribution < -0.4 is 9.64 Å². The molecule has 1 fully saturated rings. The third-order valence-electron chi connectivity index (χ3n) is 7.16. The van der Waals surface area contributed by atoms with Crippen molar-refractivity contribution in [1.29, 1.82) is 0 Å². The summed E-state index contributed by atoms with van der Waals surface area (Å²) in [7, 11) is 0. The molecule has 1 saturated heterocycles. The number of halogens is 1. The van der Waals surface area contributed by atoms with Gasteiger partial charge in [-0.3, -0.25) is 9.69 Å². The highest BCUT2D eigenvalue weighted by Gasteiger charge is 2.32. The maximum atomic E-state index is 13.2. The number of hydrogen-bond donors (Lipinski definition) is 1. The van der Waals surface area contributed by atoms with Gasteiger partial charge in [-0.05, 0) is 53.1 Å². The standard InChI is InChI=1S/C32H27ClN2O3/c33-25-7-4-8-26(20-25)35-17-15-34(16-18-35)21-28-29(36)14-13-27-31(37)30(38-32(27)28)19-22-9-11-24(12-10-22)23-5-2-1-3-6-23/h1-14,19-20,36H,15-18,21H2/b30-19+. The van der Waals surface area contributed by atoms with Crippen LogP contribution in [0.4, 0.5) is 5.69 Å². The van der Waals surface area contributed by atoms with Crippen molar-refractivity contribution in [3.63, 3.8) is 0 Å². The van der Waals surface area contributed by atoms with Crippen LogP contribution in [-0.4, -0.2) is 42.0 Å². The molecular formula is C32H27ClN2O3. The molecule has 0 bridgehead atoms. The average molecular weight is 523 g/mol. The second-order valence-electron chi connectivity index (χ2n) is 9.61. The minimum Gasteiger partial charge on any atom is -0.507 e. The monoisotopic (exact) mass is 522 g/mol. The first kappa shape index (κ1) is 24.3. The van der Waals surface area contributed by atoms with Crippen molar-refractivity contribution in [1.82, 2.24) is 4.90 Å². The first-order valence-electron chi connectivity index (χ1n) is 12.7. The van der Waals surface area contributed by atoms with Crippen LogP contribution in [0, 0.1) is 0 Å². The number of phenolic OH excluding ortho intramolecular Hbond substituents is 1. The van der Waals surface area contributed by atoms with E-state index in [1.165, 1.54) is 0 Å². The molecule has 6 heteroatoms. The van der Waals surface area contributed by atoms with Gasteiger partial charge < -0.3 is 14.7 Å². The molecule has 0 radical (unpaired) electrons. The summed E-state index contributed by atoms with van der Waals surface area (Å²) < 4.78 is 6.09. The number of rotatable bonds is 5. The van der Waals surface area contributed by atoms with Crippen molar-refractivity contribution in [2.24, 2.45) is 0 Å². The molecule has 4 aromatic rings. The lowest BCUT2D eigenvalue weighted by atomic mass is 10.0. The first-order chi connectivity index (χ1) is 18.5. The van der Waals surface area contributed by atoms with Gasteiger partial charge in [0.25, 0.3) is 0 Å². The van der Waals surface area contributed by atoms with E-state index in [0.717, 1.165) is 53.6 Å². The largest absolute Gasteiger partial charge is 0.507 e. The van der Waals surface area contributed by atoms with Crippen LogP contribution in [0.15, 0.2) is 96.8 Å². The van der Waals surface area contributed by atoms with Crippen molar-refractivity contribution in [3.8, 4) is 22.6 Å². The third kappa shape index (κ3) is 4.91. The van der Waals surface area contributed by atoms with E-state index in [9.17, 15) is 9.90 Å². The fourth-order valence-electron chi connectivity index (χ4n) is 5.06. The molecule has 0 aliphatic carbocycles. The summed E-state index contributed by atoms with van der Waals surface area (Å²) in [6, 6.07) is 29.3. The van der Waals surface area contributed by atoms with Crippen molar-refractivity contribution in [2.75, 3.05) is 31.1 Å². The molecule has 1 N–H and O–H groups in total. The molecule has 2 aliphatic heterocycles. The molecule has 0 unspecified atom stereocenters. The SMILES string of the molecule is O=C1/C(=C\c2ccc(-c3ccccc3)cc2)Oc2c1ccc(O)c2CN1CCN(c2cccc(Cl)c2)CC1. The van der Waals surface area contributed by atoms with Crippen molar-refractivity contribution < 1.29 is 14.6 Å². The Labute approximate surface area is 227 Å². The number of benzene rings is 4. The summed E-state index contributed by atoms with van der Waals surface area (Å²) in [5.74, 6) is 0.700. The van der Waals surface area contributed by atoms with Gasteiger partial charge in [-0.15, -0.1) is 0 Å². The molecule has 0 amide bonds. The number of fused-ring (bicyclic) bond motifs is 1. The zero-order valence-corrected chi connectivity index (χ0v) is 21.6. The van der Waals surface area contributed by atoms with Gasteiger partial charge >= 0.3 is 0 Å². The van der Waals surface area contributed by atoms with Crippen LogP contribution in [0.2, 0.25) is 5.02 Å². The Kier molecular flexibility index (Phi) is 6.62. The van der Waals surface area contributed by atoms with E-state index < -0.39 is 0 Å². The summed E-state index contributed by atoms with van der Waals surface area (Å²) in [6.07, 6.45) is 1.77. The van der Waals surface area contributed by atoms with Crippen LogP contribution >= 0.6 is 11.6 Å². The molecule has 0 saturated carbocycles. The minimum atomic E-state index is -0.167. The fourth-order valence-corrected chi connectivity index (χ4v) is 5.25. The highest BCUT2D eigenvalue weighted by molar-refractivity contribution is 6.30. The van der Waals surface area contributed by atoms with Crippen molar-refractivity contribution in [3.05, 3.63) is 118 Å². The molecule has 5 nitrogen and oxygen atoms in total. The predicted molar refractivity (Wildman–Crippen MR) is 152 cm³/mol. The highest BCUT2D eigenvalue weighted by atomic mass is 35.5. The average Bonchev–Trinajstić information content (AvgIpc) is 3.26. The number of Topliss-reactive ketones (excluding diaryl/α,β-unsaturated/α-hetero) is 1. The summed E-state index contributed by atoms with van der Waals surface area (Å²) in [5.41, 5.74) is 5.38. The number of ketones is 1. The van der Waals surface area contributed by atoms with Crippen molar-refractivity contribution in [2.45, 2.75) is 6.54 Å². The van der Waals surface area contributed by atoms with Gasteiger partial charge in [-0.2, -0.15) is 0 Å². The fraction of sp³-hybridized carbons (Fsp3) is 0.156. The van der Waals surface area contributed by atoms with E-state index in [0.29, 0.717) is 23.4 Å². The quantitative estimate of drug-likeness (QED) is 0.297. The molecule has 0 spiro atoms. The number of piperazine rings is 1. The number of ether oxygens (including phenoxy) is 1. The van der Waals surface area contributed by atoms with Gasteiger partial charge in [0.05, 0.1) is 11.1 Å². The smallest absolute Gasteiger partial charge is 0.231 e. The molecule has 6 rings (SSSR count). The van der Waals surface area contributed by atoms with Gasteiger partial charge in [-0.25, -0.2) is 0 Å². The maximum Gasteiger partial charge on any atom is 0.231 e. The number of nitrogens with zero attached hydrogens (tertiary/aromatic N) is 2. The van der Waals surface area contributed by atoms with Crippen LogP contribution in [0.25, 0.3) is 17.2 Å². The van der Waals surface area contributed by atoms with Crippen LogP contribution in [0.5, 0.6) is 11.5 Å². The molecule has 2 heterocycles. The van der Waals surface area contributed by atoms with Gasteiger partial charge in [0.2, 0.25) is 5.78 Å². The summed E-state index contributed by atoms with van der Waals surface area (Å²) in [4.78, 5) is 17.7. The van der Waals surface area contributed by atoms with Gasteiger partial charge in [0.1, 0.15) is 11.5 Å². The highest BCUT2D eigenvalue weighted by Crippen LogP contribution is 2.40. The van der Waals surface area contributed by atoms with E-state index >= 15 is 0 Å². The van der Waals surface area contributed by atoms with E-state index in [1.54, 1.807) is 18.2 Å². The van der Waals surface area contributed by atoms with E-state index in [1.807, 2.05) is 60.7 Å². The minimum absolute atomic E-state index is 0.141. The lowest BCUT2D eigenvalue weighted by Gasteiger charge is -2.36. The number of anilines is 1. The Morgan fingerprint density at radius 1 is 0.842 bits per heavy atom. The number of phenols is 1. The van der Waals surface area contributed by atoms with Gasteiger partial charge in [0.15, 0.2) is 5.76 Å². The second kappa shape index (κ2) is 10.4. The Balaban J connectivity index is 1.17. The lowest BCUT2D eigenvalue weighted by Crippen LogP contribution is -2.46. The molecule has 0 atom stereocenters. The van der Waals surface area contributed by atoms with Crippen molar-refractivity contribution >= 4 is 29.1 Å². The molecular weight excluding hydrogens is 496 g/mol. The summed E-state index contributed by atoms with van der Waals surface area (Å²) in [5, 5.41) is 11.4. The van der Waals surface area contributed by atoms with E-state index in [4.69, 9.17) is 16.3 Å². The van der Waals surface area contributed by atoms with Crippen LogP contribution in [-0.2, 0) is 6.54 Å². The molecule has 4 aromatic carbocycles. The topological polar surface area (TPSA) is 53.0 Å². The van der Waals surface area contributed by atoms with Gasteiger partial charge in [-0.1, -0.05) is 72.3 Å². The van der Waals surface area contributed by atoms with Gasteiger partial charge in [0, 0.05) is 43.4 Å². The zero-order chi connectivity index (χ0) is 26.1. The van der Waals surface area contributed by atoms with E-state index in [-0.39, 0.29) is 17.3 Å². The lowest BCUT2D eigenvalue weighted by molar-refractivity contribution is 0.101. The number of hydrogen-bond acceptors (Lipinski definition) is 5. The Bertz CT molecular complexity index is 1510. The summed E-state index contributed by atoms with van der Waals surface area (Å²) in [6.45, 7) is 3.84. The normalized spacial score (nSPS) is 16.5. The Morgan fingerprint density at radius 2 is 1.58 bits per heavy atom. The first-order valence-corrected chi connectivity index (χ1v) is 13.1. The number of allylic oxidation sites excluding steroid dienone is 1. The molecule has 2 aliphatic rings. The Morgan fingerprint density at radius 3 is 2.32 bits per heavy atom. The van der Waals surface area contributed by atoms with Crippen LogP contribution in [0.3, 0.4) is 0 Å². The molecule has 190 valence electrons. The van der Waals surface area contributed by atoms with E-state index in [2.05, 4.69) is 28.0 Å². The predicted octanol–water partition coefficient (Wildman–Crippen LogP) is 6.65. The second-order valence-corrected chi connectivity index (χ2v) is 10.0. The zero-order valence-electron chi connectivity index (χ0n) is 20.8. The molecule has 0 aromatic heterocycles.